The predicted octanol–water partition coefficient (Wildman–Crippen LogP) is 4.68. The van der Waals surface area contributed by atoms with Gasteiger partial charge in [-0.05, 0) is 55.8 Å². The average Bonchev–Trinajstić information content (AvgIpc) is 2.69. The Kier molecular flexibility index (Phi) is 6.22. The summed E-state index contributed by atoms with van der Waals surface area (Å²) in [5.41, 5.74) is 2.62. The molecular weight excluding hydrogens is 357 g/mol. The lowest BCUT2D eigenvalue weighted by atomic mass is 10.2. The standard InChI is InChI=1S/C22H22FN3O2/c1-15(2)28-21-6-4-3-5-19(21)26-18-11-12-24-20(13-18)22(27)25-14-16-7-9-17(23)10-8-16/h3-13,15H,14H2,1-2H3,(H,24,26)(H,25,27). The van der Waals surface area contributed by atoms with Gasteiger partial charge in [-0.1, -0.05) is 24.3 Å². The topological polar surface area (TPSA) is 63.2 Å². The van der Waals surface area contributed by atoms with E-state index in [-0.39, 0.29) is 23.5 Å². The van der Waals surface area contributed by atoms with Crippen LogP contribution in [0.25, 0.3) is 0 Å². The normalized spacial score (nSPS) is 10.6. The first-order chi connectivity index (χ1) is 13.5. The Hall–Kier alpha value is -3.41. The highest BCUT2D eigenvalue weighted by atomic mass is 19.1. The molecule has 1 amide bonds. The van der Waals surface area contributed by atoms with E-state index in [1.165, 1.54) is 12.1 Å². The maximum atomic E-state index is 13.0. The van der Waals surface area contributed by atoms with Crippen molar-refractivity contribution in [2.24, 2.45) is 0 Å². The molecule has 3 rings (SSSR count). The van der Waals surface area contributed by atoms with Gasteiger partial charge in [-0.15, -0.1) is 0 Å². The minimum Gasteiger partial charge on any atom is -0.489 e. The molecule has 1 heterocycles. The van der Waals surface area contributed by atoms with E-state index in [0.717, 1.165) is 22.7 Å². The number of nitrogens with zero attached hydrogens (tertiary/aromatic N) is 1. The van der Waals surface area contributed by atoms with Crippen LogP contribution in [0.1, 0.15) is 29.9 Å². The van der Waals surface area contributed by atoms with E-state index < -0.39 is 0 Å². The molecule has 0 fully saturated rings. The van der Waals surface area contributed by atoms with Crippen LogP contribution in [0.15, 0.2) is 66.9 Å². The van der Waals surface area contributed by atoms with E-state index in [0.29, 0.717) is 6.54 Å². The van der Waals surface area contributed by atoms with Gasteiger partial charge in [0.15, 0.2) is 0 Å². The van der Waals surface area contributed by atoms with Crippen molar-refractivity contribution in [2.75, 3.05) is 5.32 Å². The molecule has 1 aromatic heterocycles. The van der Waals surface area contributed by atoms with Crippen LogP contribution in [0.3, 0.4) is 0 Å². The van der Waals surface area contributed by atoms with Crippen LogP contribution >= 0.6 is 0 Å². The van der Waals surface area contributed by atoms with Crippen molar-refractivity contribution in [1.29, 1.82) is 0 Å². The van der Waals surface area contributed by atoms with Crippen LogP contribution in [-0.2, 0) is 6.54 Å². The summed E-state index contributed by atoms with van der Waals surface area (Å²) in [6.07, 6.45) is 1.62. The highest BCUT2D eigenvalue weighted by Gasteiger charge is 2.10. The van der Waals surface area contributed by atoms with Gasteiger partial charge in [0.05, 0.1) is 11.8 Å². The lowest BCUT2D eigenvalue weighted by molar-refractivity contribution is 0.0946. The average molecular weight is 379 g/mol. The number of halogens is 1. The fourth-order valence-corrected chi connectivity index (χ4v) is 2.59. The number of carbonyl (C=O) groups is 1. The van der Waals surface area contributed by atoms with Crippen LogP contribution in [0.2, 0.25) is 0 Å². The van der Waals surface area contributed by atoms with Gasteiger partial charge in [-0.3, -0.25) is 9.78 Å². The number of benzene rings is 2. The third-order valence-corrected chi connectivity index (χ3v) is 3.89. The Morgan fingerprint density at radius 2 is 1.86 bits per heavy atom. The summed E-state index contributed by atoms with van der Waals surface area (Å²) in [6, 6.07) is 17.1. The maximum absolute atomic E-state index is 13.0. The van der Waals surface area contributed by atoms with E-state index >= 15 is 0 Å². The number of nitrogens with one attached hydrogen (secondary N) is 2. The lowest BCUT2D eigenvalue weighted by Crippen LogP contribution is -2.23. The molecule has 2 aromatic carbocycles. The van der Waals surface area contributed by atoms with E-state index in [9.17, 15) is 9.18 Å². The Morgan fingerprint density at radius 3 is 2.61 bits per heavy atom. The first-order valence-electron chi connectivity index (χ1n) is 9.02. The monoisotopic (exact) mass is 379 g/mol. The first kappa shape index (κ1) is 19.4. The number of aromatic nitrogens is 1. The lowest BCUT2D eigenvalue weighted by Gasteiger charge is -2.15. The molecule has 3 aromatic rings. The third kappa shape index (κ3) is 5.30. The number of pyridine rings is 1. The summed E-state index contributed by atoms with van der Waals surface area (Å²) in [7, 11) is 0. The quantitative estimate of drug-likeness (QED) is 0.626. The van der Waals surface area contributed by atoms with E-state index in [4.69, 9.17) is 4.74 Å². The Labute approximate surface area is 163 Å². The highest BCUT2D eigenvalue weighted by molar-refractivity contribution is 5.93. The zero-order chi connectivity index (χ0) is 19.9. The zero-order valence-electron chi connectivity index (χ0n) is 15.8. The molecular formula is C22H22FN3O2. The summed E-state index contributed by atoms with van der Waals surface area (Å²) < 4.78 is 18.8. The van der Waals surface area contributed by atoms with Gasteiger partial charge in [0.2, 0.25) is 0 Å². The molecule has 144 valence electrons. The maximum Gasteiger partial charge on any atom is 0.270 e. The summed E-state index contributed by atoms with van der Waals surface area (Å²) in [6.45, 7) is 4.23. The number of hydrogen-bond acceptors (Lipinski definition) is 4. The molecule has 0 saturated heterocycles. The molecule has 0 aliphatic heterocycles. The molecule has 0 aliphatic carbocycles. The number of hydrogen-bond donors (Lipinski definition) is 2. The molecule has 0 saturated carbocycles. The smallest absolute Gasteiger partial charge is 0.270 e. The van der Waals surface area contributed by atoms with Crippen LogP contribution in [0.4, 0.5) is 15.8 Å². The molecule has 28 heavy (non-hydrogen) atoms. The van der Waals surface area contributed by atoms with Crippen molar-refractivity contribution in [3.63, 3.8) is 0 Å². The van der Waals surface area contributed by atoms with Gasteiger partial charge in [0, 0.05) is 18.4 Å². The number of anilines is 2. The summed E-state index contributed by atoms with van der Waals surface area (Å²) in [5.74, 6) is 0.119. The van der Waals surface area contributed by atoms with Crippen molar-refractivity contribution in [2.45, 2.75) is 26.5 Å². The predicted molar refractivity (Wildman–Crippen MR) is 107 cm³/mol. The van der Waals surface area contributed by atoms with Gasteiger partial charge < -0.3 is 15.4 Å². The molecule has 0 radical (unpaired) electrons. The summed E-state index contributed by atoms with van der Waals surface area (Å²) >= 11 is 0. The second-order valence-corrected chi connectivity index (χ2v) is 6.53. The second-order valence-electron chi connectivity index (χ2n) is 6.53. The molecule has 6 heteroatoms. The SMILES string of the molecule is CC(C)Oc1ccccc1Nc1ccnc(C(=O)NCc2ccc(F)cc2)c1. The van der Waals surface area contributed by atoms with Gasteiger partial charge in [0.25, 0.3) is 5.91 Å². The number of rotatable bonds is 7. The fourth-order valence-electron chi connectivity index (χ4n) is 2.59. The van der Waals surface area contributed by atoms with Crippen LogP contribution in [-0.4, -0.2) is 17.0 Å². The Bertz CT molecular complexity index is 943. The van der Waals surface area contributed by atoms with Crippen molar-refractivity contribution in [3.05, 3.63) is 83.9 Å². The fraction of sp³-hybridized carbons (Fsp3) is 0.182. The molecule has 0 spiro atoms. The molecule has 5 nitrogen and oxygen atoms in total. The number of para-hydroxylation sites is 2. The van der Waals surface area contributed by atoms with Gasteiger partial charge in [-0.2, -0.15) is 0 Å². The highest BCUT2D eigenvalue weighted by Crippen LogP contribution is 2.28. The van der Waals surface area contributed by atoms with Crippen LogP contribution < -0.4 is 15.4 Å². The number of ether oxygens (including phenoxy) is 1. The number of carbonyl (C=O) groups excluding carboxylic acids is 1. The Balaban J connectivity index is 1.68. The largest absolute Gasteiger partial charge is 0.489 e. The molecule has 0 aliphatic rings. The van der Waals surface area contributed by atoms with E-state index in [1.54, 1.807) is 30.5 Å². The van der Waals surface area contributed by atoms with E-state index in [2.05, 4.69) is 15.6 Å². The minimum atomic E-state index is -0.308. The van der Waals surface area contributed by atoms with Crippen molar-refractivity contribution in [3.8, 4) is 5.75 Å². The van der Waals surface area contributed by atoms with Crippen molar-refractivity contribution < 1.29 is 13.9 Å². The first-order valence-corrected chi connectivity index (χ1v) is 9.02. The Morgan fingerprint density at radius 1 is 1.11 bits per heavy atom. The zero-order valence-corrected chi connectivity index (χ0v) is 15.8. The van der Waals surface area contributed by atoms with Crippen LogP contribution in [0.5, 0.6) is 5.75 Å². The third-order valence-electron chi connectivity index (χ3n) is 3.89. The van der Waals surface area contributed by atoms with Crippen molar-refractivity contribution in [1.82, 2.24) is 10.3 Å². The van der Waals surface area contributed by atoms with Gasteiger partial charge in [0.1, 0.15) is 17.3 Å². The molecule has 0 unspecified atom stereocenters. The minimum absolute atomic E-state index is 0.0493. The van der Waals surface area contributed by atoms with Gasteiger partial charge >= 0.3 is 0 Å². The molecule has 0 bridgehead atoms. The second kappa shape index (κ2) is 8.99. The molecule has 2 N–H and O–H groups in total. The van der Waals surface area contributed by atoms with Gasteiger partial charge in [-0.25, -0.2) is 4.39 Å². The van der Waals surface area contributed by atoms with E-state index in [1.807, 2.05) is 38.1 Å². The van der Waals surface area contributed by atoms with Crippen LogP contribution in [0, 0.1) is 5.82 Å². The summed E-state index contributed by atoms with van der Waals surface area (Å²) in [4.78, 5) is 16.5. The summed E-state index contributed by atoms with van der Waals surface area (Å²) in [5, 5.41) is 6.05. The number of amides is 1. The molecule has 0 atom stereocenters. The van der Waals surface area contributed by atoms with Crippen molar-refractivity contribution >= 4 is 17.3 Å².